The van der Waals surface area contributed by atoms with Crippen LogP contribution in [-0.4, -0.2) is 52.8 Å². The lowest BCUT2D eigenvalue weighted by Gasteiger charge is -2.10. The van der Waals surface area contributed by atoms with Crippen LogP contribution in [0.1, 0.15) is 19.3 Å². The summed E-state index contributed by atoms with van der Waals surface area (Å²) in [4.78, 5) is 0. The minimum absolute atomic E-state index is 0.215. The van der Waals surface area contributed by atoms with Gasteiger partial charge < -0.3 is 10.1 Å². The van der Waals surface area contributed by atoms with E-state index in [0.717, 1.165) is 43.4 Å². The maximum absolute atomic E-state index is 8.82. The molecule has 7 nitrogen and oxygen atoms in total. The van der Waals surface area contributed by atoms with Crippen LogP contribution in [0.2, 0.25) is 0 Å². The van der Waals surface area contributed by atoms with E-state index >= 15 is 0 Å². The summed E-state index contributed by atoms with van der Waals surface area (Å²) >= 11 is 1.65. The van der Waals surface area contributed by atoms with E-state index in [0.29, 0.717) is 13.0 Å². The predicted molar refractivity (Wildman–Crippen MR) is 75.2 cm³/mol. The highest BCUT2D eigenvalue weighted by molar-refractivity contribution is 7.99. The fraction of sp³-hybridized carbons (Fsp3) is 0.833. The summed E-state index contributed by atoms with van der Waals surface area (Å²) in [5.41, 5.74) is 0.215. The molecular weight excluding hydrogens is 276 g/mol. The number of nitrogens with zero attached hydrogens (tertiary/aromatic N) is 5. The van der Waals surface area contributed by atoms with E-state index < -0.39 is 0 Å². The van der Waals surface area contributed by atoms with Gasteiger partial charge in [0.25, 0.3) is 0 Å². The SMILES string of the molecule is COCCNCCn1nnnc1SCC1(CC#N)CC1. The molecule has 0 radical (unpaired) electrons. The van der Waals surface area contributed by atoms with Crippen LogP contribution in [0.25, 0.3) is 0 Å². The zero-order chi connectivity index (χ0) is 14.3. The Labute approximate surface area is 123 Å². The molecule has 110 valence electrons. The Morgan fingerprint density at radius 1 is 1.50 bits per heavy atom. The summed E-state index contributed by atoms with van der Waals surface area (Å²) in [6.07, 6.45) is 2.93. The molecule has 0 bridgehead atoms. The second-order valence-electron chi connectivity index (χ2n) is 5.05. The lowest BCUT2D eigenvalue weighted by Crippen LogP contribution is -2.24. The van der Waals surface area contributed by atoms with Gasteiger partial charge in [0.05, 0.1) is 19.2 Å². The van der Waals surface area contributed by atoms with Gasteiger partial charge in [-0.25, -0.2) is 4.68 Å². The van der Waals surface area contributed by atoms with Crippen molar-refractivity contribution in [2.75, 3.05) is 32.6 Å². The minimum atomic E-state index is 0.215. The fourth-order valence-corrected chi connectivity index (χ4v) is 3.06. The molecule has 1 aliphatic rings. The van der Waals surface area contributed by atoms with Crippen molar-refractivity contribution in [2.24, 2.45) is 5.41 Å². The molecule has 0 spiro atoms. The molecule has 2 rings (SSSR count). The van der Waals surface area contributed by atoms with Gasteiger partial charge in [-0.3, -0.25) is 0 Å². The molecule has 0 amide bonds. The Kier molecular flexibility index (Phi) is 5.76. The van der Waals surface area contributed by atoms with Crippen molar-refractivity contribution >= 4 is 11.8 Å². The largest absolute Gasteiger partial charge is 0.383 e. The topological polar surface area (TPSA) is 88.7 Å². The summed E-state index contributed by atoms with van der Waals surface area (Å²) in [5, 5.41) is 24.7. The van der Waals surface area contributed by atoms with Gasteiger partial charge in [-0.1, -0.05) is 11.8 Å². The number of thioether (sulfide) groups is 1. The minimum Gasteiger partial charge on any atom is -0.383 e. The number of tetrazole rings is 1. The molecule has 1 heterocycles. The Bertz CT molecular complexity index is 453. The molecule has 1 aromatic heterocycles. The molecule has 0 aromatic carbocycles. The normalized spacial score (nSPS) is 16.0. The highest BCUT2D eigenvalue weighted by atomic mass is 32.2. The molecule has 1 N–H and O–H groups in total. The Morgan fingerprint density at radius 2 is 2.35 bits per heavy atom. The summed E-state index contributed by atoms with van der Waals surface area (Å²) in [5.74, 6) is 0.929. The average molecular weight is 296 g/mol. The highest BCUT2D eigenvalue weighted by Crippen LogP contribution is 2.51. The second-order valence-corrected chi connectivity index (χ2v) is 5.99. The zero-order valence-corrected chi connectivity index (χ0v) is 12.5. The van der Waals surface area contributed by atoms with Crippen molar-refractivity contribution in [2.45, 2.75) is 31.0 Å². The van der Waals surface area contributed by atoms with E-state index in [1.54, 1.807) is 18.9 Å². The van der Waals surface area contributed by atoms with Crippen molar-refractivity contribution in [1.82, 2.24) is 25.5 Å². The first-order valence-electron chi connectivity index (χ1n) is 6.75. The molecule has 1 fully saturated rings. The van der Waals surface area contributed by atoms with Crippen LogP contribution < -0.4 is 5.32 Å². The van der Waals surface area contributed by atoms with E-state index in [4.69, 9.17) is 10.00 Å². The monoisotopic (exact) mass is 296 g/mol. The standard InChI is InChI=1S/C12H20N6OS/c1-19-9-7-14-6-8-18-11(15-16-17-18)20-10-12(2-3-12)4-5-13/h14H,2-4,6-10H2,1H3. The number of methoxy groups -OCH3 is 1. The van der Waals surface area contributed by atoms with Crippen molar-refractivity contribution in [3.05, 3.63) is 0 Å². The molecule has 20 heavy (non-hydrogen) atoms. The number of ether oxygens (including phenoxy) is 1. The lowest BCUT2D eigenvalue weighted by atomic mass is 10.1. The van der Waals surface area contributed by atoms with E-state index in [-0.39, 0.29) is 5.41 Å². The third-order valence-electron chi connectivity index (χ3n) is 3.40. The fourth-order valence-electron chi connectivity index (χ4n) is 1.86. The number of nitriles is 1. The van der Waals surface area contributed by atoms with Gasteiger partial charge >= 0.3 is 0 Å². The van der Waals surface area contributed by atoms with Crippen molar-refractivity contribution in [3.8, 4) is 6.07 Å². The molecule has 1 aromatic rings. The number of hydrogen-bond donors (Lipinski definition) is 1. The van der Waals surface area contributed by atoms with Crippen LogP contribution >= 0.6 is 11.8 Å². The van der Waals surface area contributed by atoms with Crippen LogP contribution in [0.3, 0.4) is 0 Å². The summed E-state index contributed by atoms with van der Waals surface area (Å²) in [6.45, 7) is 3.08. The van der Waals surface area contributed by atoms with Gasteiger partial charge in [0.1, 0.15) is 0 Å². The van der Waals surface area contributed by atoms with E-state index in [1.807, 2.05) is 4.68 Å². The summed E-state index contributed by atoms with van der Waals surface area (Å²) < 4.78 is 6.78. The van der Waals surface area contributed by atoms with Gasteiger partial charge in [0.2, 0.25) is 5.16 Å². The number of nitrogens with one attached hydrogen (secondary N) is 1. The smallest absolute Gasteiger partial charge is 0.209 e. The lowest BCUT2D eigenvalue weighted by molar-refractivity contribution is 0.199. The Balaban J connectivity index is 1.73. The second kappa shape index (κ2) is 7.57. The van der Waals surface area contributed by atoms with Crippen molar-refractivity contribution < 1.29 is 4.74 Å². The third kappa shape index (κ3) is 4.44. The maximum Gasteiger partial charge on any atom is 0.209 e. The van der Waals surface area contributed by atoms with Crippen LogP contribution in [0.4, 0.5) is 0 Å². The maximum atomic E-state index is 8.82. The summed E-state index contributed by atoms with van der Waals surface area (Å²) in [7, 11) is 1.69. The van der Waals surface area contributed by atoms with E-state index in [9.17, 15) is 0 Å². The number of hydrogen-bond acceptors (Lipinski definition) is 7. The van der Waals surface area contributed by atoms with Crippen molar-refractivity contribution in [3.63, 3.8) is 0 Å². The first-order chi connectivity index (χ1) is 9.79. The molecule has 0 unspecified atom stereocenters. The Morgan fingerprint density at radius 3 is 3.05 bits per heavy atom. The quantitative estimate of drug-likeness (QED) is 0.502. The van der Waals surface area contributed by atoms with Crippen molar-refractivity contribution in [1.29, 1.82) is 5.26 Å². The van der Waals surface area contributed by atoms with Crippen LogP contribution in [-0.2, 0) is 11.3 Å². The van der Waals surface area contributed by atoms with Gasteiger partial charge in [0.15, 0.2) is 0 Å². The predicted octanol–water partition coefficient (Wildman–Crippen LogP) is 0.695. The molecule has 0 saturated heterocycles. The number of rotatable bonds is 10. The molecule has 0 atom stereocenters. The average Bonchev–Trinajstić information content (AvgIpc) is 3.07. The van der Waals surface area contributed by atoms with E-state index in [2.05, 4.69) is 26.9 Å². The first kappa shape index (κ1) is 15.2. The molecule has 8 heteroatoms. The number of aromatic nitrogens is 4. The van der Waals surface area contributed by atoms with Crippen LogP contribution in [0.15, 0.2) is 5.16 Å². The van der Waals surface area contributed by atoms with Gasteiger partial charge in [0, 0.05) is 32.4 Å². The first-order valence-corrected chi connectivity index (χ1v) is 7.74. The van der Waals surface area contributed by atoms with Gasteiger partial charge in [-0.2, -0.15) is 5.26 Å². The van der Waals surface area contributed by atoms with Crippen LogP contribution in [0, 0.1) is 16.7 Å². The van der Waals surface area contributed by atoms with E-state index in [1.165, 1.54) is 0 Å². The molecule has 0 aliphatic heterocycles. The summed E-state index contributed by atoms with van der Waals surface area (Å²) in [6, 6.07) is 2.28. The highest BCUT2D eigenvalue weighted by Gasteiger charge is 2.42. The molecule has 1 aliphatic carbocycles. The van der Waals surface area contributed by atoms with Gasteiger partial charge in [-0.05, 0) is 28.7 Å². The van der Waals surface area contributed by atoms with Gasteiger partial charge in [-0.15, -0.1) is 5.10 Å². The molecular formula is C12H20N6OS. The Hall–Kier alpha value is -1.17. The third-order valence-corrected chi connectivity index (χ3v) is 4.71. The zero-order valence-electron chi connectivity index (χ0n) is 11.7. The van der Waals surface area contributed by atoms with Crippen LogP contribution in [0.5, 0.6) is 0 Å². The molecule has 1 saturated carbocycles.